The van der Waals surface area contributed by atoms with Gasteiger partial charge in [-0.05, 0) is 0 Å². The third-order valence-corrected chi connectivity index (χ3v) is 14.2. The molecule has 0 N–H and O–H groups in total. The fraction of sp³-hybridized carbons (Fsp3) is 0.333. The average Bonchev–Trinajstić information content (AvgIpc) is 3.08. The quantitative estimate of drug-likeness (QED) is 0.218. The van der Waals surface area contributed by atoms with E-state index >= 15 is 0 Å². The molecule has 2 aromatic carbocycles. The van der Waals surface area contributed by atoms with Gasteiger partial charge in [0.05, 0.1) is 0 Å². The zero-order valence-electron chi connectivity index (χ0n) is 16.8. The predicted octanol–water partition coefficient (Wildman–Crippen LogP) is 5.45. The average molecular weight is 589 g/mol. The Morgan fingerprint density at radius 1 is 0.655 bits per heavy atom. The van der Waals surface area contributed by atoms with Crippen molar-refractivity contribution in [3.63, 3.8) is 0 Å². The number of unbranched alkanes of at least 4 members (excludes halogenated alkanes) is 2. The molecule has 5 heteroatoms. The van der Waals surface area contributed by atoms with Gasteiger partial charge in [-0.2, -0.15) is 0 Å². The summed E-state index contributed by atoms with van der Waals surface area (Å²) in [6, 6.07) is 14.1. The molecule has 0 amide bonds. The number of hydrogen-bond donors (Lipinski definition) is 0. The minimum atomic E-state index is -0.183. The molecule has 0 unspecified atom stereocenters. The molecule has 1 aromatic heterocycles. The second kappa shape index (κ2) is 11.7. The van der Waals surface area contributed by atoms with Crippen LogP contribution in [-0.2, 0) is 0 Å². The minimum absolute atomic E-state index is 0.183. The Morgan fingerprint density at radius 3 is 1.38 bits per heavy atom. The molecule has 1 heterocycles. The first kappa shape index (κ1) is 23.0. The van der Waals surface area contributed by atoms with Crippen molar-refractivity contribution in [3.05, 3.63) is 60.2 Å². The molecule has 0 aliphatic rings. The van der Waals surface area contributed by atoms with Crippen molar-refractivity contribution < 1.29 is 8.78 Å². The van der Waals surface area contributed by atoms with Crippen LogP contribution in [0, 0.1) is 11.6 Å². The van der Waals surface area contributed by atoms with E-state index in [-0.39, 0.29) is 26.1 Å². The Hall–Kier alpha value is -0.662. The first-order valence-electron chi connectivity index (χ1n) is 10.1. The van der Waals surface area contributed by atoms with Gasteiger partial charge in [-0.15, -0.1) is 0 Å². The van der Waals surface area contributed by atoms with E-state index in [1.165, 1.54) is 56.3 Å². The first-order chi connectivity index (χ1) is 14.1. The summed E-state index contributed by atoms with van der Waals surface area (Å²) in [6.45, 7) is 4.49. The van der Waals surface area contributed by atoms with E-state index in [1.54, 1.807) is 33.2 Å². The van der Waals surface area contributed by atoms with Gasteiger partial charge in [-0.3, -0.25) is 0 Å². The van der Waals surface area contributed by atoms with Gasteiger partial charge in [0.2, 0.25) is 0 Å². The van der Waals surface area contributed by atoms with Gasteiger partial charge in [-0.1, -0.05) is 0 Å². The normalized spacial score (nSPS) is 11.2. The Balaban J connectivity index is 2.10. The third kappa shape index (κ3) is 6.17. The van der Waals surface area contributed by atoms with Crippen molar-refractivity contribution in [1.29, 1.82) is 0 Å². The van der Waals surface area contributed by atoms with Crippen molar-refractivity contribution in [2.45, 2.75) is 50.2 Å². The molecular weight excluding hydrogens is 563 g/mol. The molecular formula is C24H26F2Se3. The first-order valence-corrected chi connectivity index (χ1v) is 15.9. The van der Waals surface area contributed by atoms with Gasteiger partial charge in [0.1, 0.15) is 0 Å². The Kier molecular flexibility index (Phi) is 9.25. The van der Waals surface area contributed by atoms with Gasteiger partial charge in [0.25, 0.3) is 0 Å². The predicted molar refractivity (Wildman–Crippen MR) is 124 cm³/mol. The Labute approximate surface area is 191 Å². The van der Waals surface area contributed by atoms with E-state index in [9.17, 15) is 8.78 Å². The van der Waals surface area contributed by atoms with Crippen molar-refractivity contribution >= 4 is 53.3 Å². The van der Waals surface area contributed by atoms with Gasteiger partial charge in [-0.25, -0.2) is 0 Å². The van der Waals surface area contributed by atoms with E-state index in [2.05, 4.69) is 13.8 Å². The molecule has 0 spiro atoms. The van der Waals surface area contributed by atoms with Crippen LogP contribution in [0.3, 0.4) is 0 Å². The summed E-state index contributed by atoms with van der Waals surface area (Å²) in [7, 11) is 0. The zero-order chi connectivity index (χ0) is 20.6. The van der Waals surface area contributed by atoms with Crippen molar-refractivity contribution in [3.8, 4) is 20.0 Å². The standard InChI is InChI=1S/C24H26F2Se3/c1-3-5-15-27-23-21(17-7-11-19(25)12-8-17)29-22(24(23)28-16-6-4-2)18-9-13-20(26)14-10-18/h7-14H,3-6,15-16H2,1-2H3. The van der Waals surface area contributed by atoms with Gasteiger partial charge in [0, 0.05) is 0 Å². The molecule has 0 radical (unpaired) electrons. The van der Waals surface area contributed by atoms with Crippen LogP contribution in [0.2, 0.25) is 10.6 Å². The molecule has 0 saturated heterocycles. The zero-order valence-corrected chi connectivity index (χ0v) is 22.0. The fourth-order valence-corrected chi connectivity index (χ4v) is 14.0. The molecule has 29 heavy (non-hydrogen) atoms. The fourth-order valence-electron chi connectivity index (χ4n) is 2.88. The van der Waals surface area contributed by atoms with Gasteiger partial charge >= 0.3 is 192 Å². The van der Waals surface area contributed by atoms with Crippen molar-refractivity contribution in [1.82, 2.24) is 0 Å². The number of benzene rings is 2. The summed E-state index contributed by atoms with van der Waals surface area (Å²) >= 11 is 1.06. The maximum absolute atomic E-state index is 13.5. The van der Waals surface area contributed by atoms with Gasteiger partial charge < -0.3 is 0 Å². The van der Waals surface area contributed by atoms with E-state index < -0.39 is 0 Å². The van der Waals surface area contributed by atoms with Crippen LogP contribution in [0.5, 0.6) is 0 Å². The summed E-state index contributed by atoms with van der Waals surface area (Å²) in [5.74, 6) is -0.367. The summed E-state index contributed by atoms with van der Waals surface area (Å²) in [6.07, 6.45) is 4.95. The van der Waals surface area contributed by atoms with Crippen LogP contribution in [0.25, 0.3) is 20.0 Å². The molecule has 0 aliphatic carbocycles. The topological polar surface area (TPSA) is 0 Å². The van der Waals surface area contributed by atoms with E-state index in [0.29, 0.717) is 29.9 Å². The molecule has 0 atom stereocenters. The van der Waals surface area contributed by atoms with Crippen LogP contribution < -0.4 is 8.92 Å². The third-order valence-electron chi connectivity index (χ3n) is 4.52. The van der Waals surface area contributed by atoms with E-state index in [0.717, 1.165) is 0 Å². The summed E-state index contributed by atoms with van der Waals surface area (Å²) in [5.41, 5.74) is 2.33. The van der Waals surface area contributed by atoms with Crippen LogP contribution in [0.1, 0.15) is 39.5 Å². The second-order valence-electron chi connectivity index (χ2n) is 6.84. The molecule has 0 bridgehead atoms. The molecule has 0 nitrogen and oxygen atoms in total. The van der Waals surface area contributed by atoms with E-state index in [1.807, 2.05) is 24.3 Å². The second-order valence-corrected chi connectivity index (χ2v) is 13.6. The Bertz CT molecular complexity index is 825. The summed E-state index contributed by atoms with van der Waals surface area (Å²) in [5, 5.41) is 2.51. The number of halogens is 2. The molecule has 3 rings (SSSR count). The number of hydrogen-bond acceptors (Lipinski definition) is 0. The Morgan fingerprint density at radius 2 is 1.03 bits per heavy atom. The maximum atomic E-state index is 13.5. The molecule has 0 saturated carbocycles. The van der Waals surface area contributed by atoms with Crippen LogP contribution in [-0.4, -0.2) is 44.4 Å². The molecule has 0 aliphatic heterocycles. The molecule has 0 fully saturated rings. The van der Waals surface area contributed by atoms with Crippen LogP contribution in [0.4, 0.5) is 8.78 Å². The molecule has 3 aromatic rings. The SMILES string of the molecule is CCCC[Se]c1c(-c2ccc(F)cc2)[se]c(-c2ccc(F)cc2)c1[Se]CCCC. The van der Waals surface area contributed by atoms with Gasteiger partial charge in [0.15, 0.2) is 0 Å². The number of rotatable bonds is 10. The van der Waals surface area contributed by atoms with Crippen LogP contribution >= 0.6 is 0 Å². The van der Waals surface area contributed by atoms with Crippen LogP contribution in [0.15, 0.2) is 48.5 Å². The molecule has 154 valence electrons. The van der Waals surface area contributed by atoms with Crippen molar-refractivity contribution in [2.75, 3.05) is 0 Å². The van der Waals surface area contributed by atoms with Crippen molar-refractivity contribution in [2.24, 2.45) is 0 Å². The summed E-state index contributed by atoms with van der Waals surface area (Å²) in [4.78, 5) is 0. The summed E-state index contributed by atoms with van der Waals surface area (Å²) < 4.78 is 33.1. The monoisotopic (exact) mass is 592 g/mol. The van der Waals surface area contributed by atoms with E-state index in [4.69, 9.17) is 0 Å².